The summed E-state index contributed by atoms with van der Waals surface area (Å²) in [7, 11) is 0. The SMILES string of the molecule is C=C/C=C(/N)C(=N)C(=O)O. The van der Waals surface area contributed by atoms with Gasteiger partial charge in [0.25, 0.3) is 0 Å². The van der Waals surface area contributed by atoms with Gasteiger partial charge in [-0.25, -0.2) is 4.79 Å². The summed E-state index contributed by atoms with van der Waals surface area (Å²) in [4.78, 5) is 10.0. The van der Waals surface area contributed by atoms with Crippen LogP contribution in [0.2, 0.25) is 0 Å². The number of rotatable bonds is 3. The van der Waals surface area contributed by atoms with Crippen LogP contribution in [0.25, 0.3) is 0 Å². The predicted molar refractivity (Wildman–Crippen MR) is 37.8 cm³/mol. The molecule has 0 aromatic rings. The third-order valence-corrected chi connectivity index (χ3v) is 0.800. The molecular weight excluding hydrogens is 132 g/mol. The van der Waals surface area contributed by atoms with Gasteiger partial charge in [0.2, 0.25) is 0 Å². The third kappa shape index (κ3) is 2.13. The Labute approximate surface area is 58.2 Å². The van der Waals surface area contributed by atoms with Gasteiger partial charge in [0.1, 0.15) is 0 Å². The molecule has 0 bridgehead atoms. The Hall–Kier alpha value is -1.58. The molecule has 0 fully saturated rings. The van der Waals surface area contributed by atoms with Gasteiger partial charge in [-0.1, -0.05) is 12.7 Å². The quantitative estimate of drug-likeness (QED) is 0.384. The topological polar surface area (TPSA) is 87.2 Å². The van der Waals surface area contributed by atoms with Gasteiger partial charge in [-0.2, -0.15) is 0 Å². The molecule has 0 spiro atoms. The molecule has 4 heteroatoms. The lowest BCUT2D eigenvalue weighted by molar-refractivity contribution is -0.129. The fraction of sp³-hybridized carbons (Fsp3) is 0. The molecule has 0 radical (unpaired) electrons. The minimum absolute atomic E-state index is 0.0949. The number of carboxylic acids is 1. The number of aliphatic carboxylic acids is 1. The lowest BCUT2D eigenvalue weighted by Crippen LogP contribution is -2.19. The first kappa shape index (κ1) is 8.42. The molecule has 0 atom stereocenters. The van der Waals surface area contributed by atoms with Crippen molar-refractivity contribution in [3.63, 3.8) is 0 Å². The largest absolute Gasteiger partial charge is 0.476 e. The molecule has 0 aromatic heterocycles. The van der Waals surface area contributed by atoms with Crippen molar-refractivity contribution in [2.75, 3.05) is 0 Å². The van der Waals surface area contributed by atoms with Gasteiger partial charge in [0.05, 0.1) is 5.70 Å². The zero-order valence-corrected chi connectivity index (χ0v) is 5.29. The zero-order chi connectivity index (χ0) is 8.15. The van der Waals surface area contributed by atoms with Crippen LogP contribution < -0.4 is 5.73 Å². The first-order valence-electron chi connectivity index (χ1n) is 2.50. The van der Waals surface area contributed by atoms with Gasteiger partial charge in [0, 0.05) is 0 Å². The van der Waals surface area contributed by atoms with Crippen molar-refractivity contribution in [3.8, 4) is 0 Å². The first-order chi connectivity index (χ1) is 4.59. The highest BCUT2D eigenvalue weighted by atomic mass is 16.4. The van der Waals surface area contributed by atoms with Gasteiger partial charge < -0.3 is 10.8 Å². The van der Waals surface area contributed by atoms with Crippen molar-refractivity contribution in [2.24, 2.45) is 5.73 Å². The summed E-state index contributed by atoms with van der Waals surface area (Å²) >= 11 is 0. The second-order valence-corrected chi connectivity index (χ2v) is 1.54. The number of nitrogens with one attached hydrogen (secondary N) is 1. The average Bonchev–Trinajstić information content (AvgIpc) is 1.87. The van der Waals surface area contributed by atoms with Gasteiger partial charge in [-0.15, -0.1) is 0 Å². The summed E-state index contributed by atoms with van der Waals surface area (Å²) in [6.07, 6.45) is 2.59. The smallest absolute Gasteiger partial charge is 0.355 e. The second-order valence-electron chi connectivity index (χ2n) is 1.54. The van der Waals surface area contributed by atoms with E-state index in [1.54, 1.807) is 0 Å². The number of hydrogen-bond acceptors (Lipinski definition) is 3. The number of nitrogens with two attached hydrogens (primary N) is 1. The van der Waals surface area contributed by atoms with Crippen molar-refractivity contribution in [3.05, 3.63) is 24.4 Å². The number of allylic oxidation sites excluding steroid dienone is 2. The Morgan fingerprint density at radius 2 is 2.20 bits per heavy atom. The van der Waals surface area contributed by atoms with E-state index in [-0.39, 0.29) is 5.70 Å². The van der Waals surface area contributed by atoms with E-state index < -0.39 is 11.7 Å². The first-order valence-corrected chi connectivity index (χ1v) is 2.50. The van der Waals surface area contributed by atoms with Crippen LogP contribution in [0.15, 0.2) is 24.4 Å². The van der Waals surface area contributed by atoms with Gasteiger partial charge in [-0.3, -0.25) is 5.41 Å². The molecular formula is C6H8N2O2. The Morgan fingerprint density at radius 1 is 1.70 bits per heavy atom. The van der Waals surface area contributed by atoms with Crippen LogP contribution in [0.5, 0.6) is 0 Å². The molecule has 4 nitrogen and oxygen atoms in total. The standard InChI is InChI=1S/C6H8N2O2/c1-2-3-4(7)5(8)6(9)10/h2-3,8H,1,7H2,(H,9,10)/b4-3+,8-5?. The van der Waals surface area contributed by atoms with E-state index in [1.807, 2.05) is 0 Å². The number of carboxylic acid groups (broad SMARTS) is 1. The van der Waals surface area contributed by atoms with E-state index in [0.29, 0.717) is 0 Å². The van der Waals surface area contributed by atoms with E-state index in [1.165, 1.54) is 12.2 Å². The molecule has 0 aromatic carbocycles. The maximum atomic E-state index is 10.0. The van der Waals surface area contributed by atoms with Crippen molar-refractivity contribution in [1.29, 1.82) is 5.41 Å². The highest BCUT2D eigenvalue weighted by Crippen LogP contribution is 1.87. The van der Waals surface area contributed by atoms with Gasteiger partial charge in [0.15, 0.2) is 5.71 Å². The molecule has 0 saturated heterocycles. The van der Waals surface area contributed by atoms with Crippen LogP contribution in [0.3, 0.4) is 0 Å². The van der Waals surface area contributed by atoms with E-state index >= 15 is 0 Å². The Morgan fingerprint density at radius 3 is 2.50 bits per heavy atom. The van der Waals surface area contributed by atoms with Crippen LogP contribution in [-0.4, -0.2) is 16.8 Å². The summed E-state index contributed by atoms with van der Waals surface area (Å²) < 4.78 is 0. The third-order valence-electron chi connectivity index (χ3n) is 0.800. The molecule has 10 heavy (non-hydrogen) atoms. The van der Waals surface area contributed by atoms with Crippen molar-refractivity contribution in [2.45, 2.75) is 0 Å². The monoisotopic (exact) mass is 140 g/mol. The Balaban J connectivity index is 4.36. The van der Waals surface area contributed by atoms with E-state index in [2.05, 4.69) is 6.58 Å². The normalized spacial score (nSPS) is 10.6. The highest BCUT2D eigenvalue weighted by molar-refractivity contribution is 6.40. The number of carbonyl (C=O) groups is 1. The summed E-state index contributed by atoms with van der Waals surface area (Å²) in [5, 5.41) is 15.0. The summed E-state index contributed by atoms with van der Waals surface area (Å²) in [5.74, 6) is -1.34. The average molecular weight is 140 g/mol. The maximum absolute atomic E-state index is 10.0. The van der Waals surface area contributed by atoms with Crippen LogP contribution in [0, 0.1) is 5.41 Å². The molecule has 0 amide bonds. The summed E-state index contributed by atoms with van der Waals surface area (Å²) in [6, 6.07) is 0. The molecule has 0 heterocycles. The summed E-state index contributed by atoms with van der Waals surface area (Å²) in [5.41, 5.74) is 4.41. The maximum Gasteiger partial charge on any atom is 0.355 e. The molecule has 4 N–H and O–H groups in total. The highest BCUT2D eigenvalue weighted by Gasteiger charge is 2.07. The van der Waals surface area contributed by atoms with Crippen LogP contribution in [0.4, 0.5) is 0 Å². The van der Waals surface area contributed by atoms with Gasteiger partial charge in [-0.05, 0) is 6.08 Å². The fourth-order valence-electron chi connectivity index (χ4n) is 0.334. The van der Waals surface area contributed by atoms with Crippen molar-refractivity contribution >= 4 is 11.7 Å². The zero-order valence-electron chi connectivity index (χ0n) is 5.29. The van der Waals surface area contributed by atoms with Crippen molar-refractivity contribution in [1.82, 2.24) is 0 Å². The van der Waals surface area contributed by atoms with E-state index in [9.17, 15) is 4.79 Å². The van der Waals surface area contributed by atoms with E-state index in [4.69, 9.17) is 16.2 Å². The molecule has 0 aliphatic carbocycles. The molecule has 54 valence electrons. The van der Waals surface area contributed by atoms with Gasteiger partial charge >= 0.3 is 5.97 Å². The molecule has 0 saturated carbocycles. The molecule has 0 aliphatic rings. The Kier molecular flexibility index (Phi) is 2.90. The molecule has 0 rings (SSSR count). The lowest BCUT2D eigenvalue weighted by atomic mass is 10.2. The molecule has 0 unspecified atom stereocenters. The van der Waals surface area contributed by atoms with Crippen LogP contribution in [0.1, 0.15) is 0 Å². The van der Waals surface area contributed by atoms with Crippen LogP contribution in [-0.2, 0) is 4.79 Å². The predicted octanol–water partition coefficient (Wildman–Crippen LogP) is 0.119. The molecule has 0 aliphatic heterocycles. The van der Waals surface area contributed by atoms with Crippen molar-refractivity contribution < 1.29 is 9.90 Å². The minimum atomic E-state index is -1.34. The number of hydrogen-bond donors (Lipinski definition) is 3. The fourth-order valence-corrected chi connectivity index (χ4v) is 0.334. The van der Waals surface area contributed by atoms with Crippen LogP contribution >= 0.6 is 0 Å². The second kappa shape index (κ2) is 3.45. The Bertz CT molecular complexity index is 206. The minimum Gasteiger partial charge on any atom is -0.476 e. The lowest BCUT2D eigenvalue weighted by Gasteiger charge is -1.94. The van der Waals surface area contributed by atoms with E-state index in [0.717, 1.165) is 0 Å². The summed E-state index contributed by atoms with van der Waals surface area (Å²) in [6.45, 7) is 3.30.